The van der Waals surface area contributed by atoms with E-state index in [9.17, 15) is 4.79 Å². The fraction of sp³-hybridized carbons (Fsp3) is 0.320. The third kappa shape index (κ3) is 5.88. The number of halogens is 1. The average molecular weight is 458 g/mol. The van der Waals surface area contributed by atoms with E-state index in [0.717, 1.165) is 28.2 Å². The summed E-state index contributed by atoms with van der Waals surface area (Å²) in [6.45, 7) is 7.52. The second kappa shape index (κ2) is 9.86. The summed E-state index contributed by atoms with van der Waals surface area (Å²) in [5, 5.41) is 1.13. The number of anilines is 1. The molecule has 164 valence electrons. The van der Waals surface area contributed by atoms with Gasteiger partial charge in [-0.3, -0.25) is 4.79 Å². The molecule has 0 amide bonds. The van der Waals surface area contributed by atoms with Gasteiger partial charge in [-0.25, -0.2) is 0 Å². The van der Waals surface area contributed by atoms with E-state index < -0.39 is 0 Å². The van der Waals surface area contributed by atoms with E-state index in [1.54, 1.807) is 31.4 Å². The van der Waals surface area contributed by atoms with Crippen LogP contribution in [0.2, 0.25) is 5.02 Å². The Morgan fingerprint density at radius 1 is 1.03 bits per heavy atom. The van der Waals surface area contributed by atoms with E-state index in [-0.39, 0.29) is 11.2 Å². The van der Waals surface area contributed by atoms with Crippen molar-refractivity contribution in [1.82, 2.24) is 0 Å². The maximum Gasteiger partial charge on any atom is 0.196 e. The lowest BCUT2D eigenvalue weighted by molar-refractivity contribution is 0.103. The predicted octanol–water partition coefficient (Wildman–Crippen LogP) is 6.50. The summed E-state index contributed by atoms with van der Waals surface area (Å²) < 4.78 is 10.7. The number of ether oxygens (including phenoxy) is 2. The zero-order chi connectivity index (χ0) is 22.6. The van der Waals surface area contributed by atoms with Crippen LogP contribution in [0.1, 0.15) is 42.3 Å². The van der Waals surface area contributed by atoms with Gasteiger partial charge in [0.2, 0.25) is 0 Å². The Labute approximate surface area is 193 Å². The van der Waals surface area contributed by atoms with E-state index >= 15 is 0 Å². The lowest BCUT2D eigenvalue weighted by atomic mass is 9.84. The topological polar surface area (TPSA) is 61.6 Å². The second-order valence-corrected chi connectivity index (χ2v) is 10.1. The molecule has 0 spiro atoms. The standard InChI is InChI=1S/C25H28ClNO3S/c1-25(2,3)15-20-21(22(28)16-5-9-18(26)10-6-16)24(27)31-23(20)17-7-11-19(12-8-17)30-14-13-29-4/h5-12H,13-15,27H2,1-4H3. The van der Waals surface area contributed by atoms with E-state index in [1.807, 2.05) is 24.3 Å². The van der Waals surface area contributed by atoms with Crippen molar-refractivity contribution >= 4 is 33.7 Å². The van der Waals surface area contributed by atoms with Crippen molar-refractivity contribution < 1.29 is 14.3 Å². The molecule has 0 saturated carbocycles. The average Bonchev–Trinajstić information content (AvgIpc) is 3.03. The molecule has 4 nitrogen and oxygen atoms in total. The molecule has 2 aromatic carbocycles. The summed E-state index contributed by atoms with van der Waals surface area (Å²) in [5.41, 5.74) is 9.58. The Balaban J connectivity index is 2.02. The number of carbonyl (C=O) groups excluding carboxylic acids is 1. The first-order valence-corrected chi connectivity index (χ1v) is 11.3. The van der Waals surface area contributed by atoms with E-state index in [2.05, 4.69) is 20.8 Å². The highest BCUT2D eigenvalue weighted by molar-refractivity contribution is 7.20. The second-order valence-electron chi connectivity index (χ2n) is 8.59. The van der Waals surface area contributed by atoms with Gasteiger partial charge < -0.3 is 15.2 Å². The molecule has 1 aromatic heterocycles. The van der Waals surface area contributed by atoms with Gasteiger partial charge in [-0.15, -0.1) is 11.3 Å². The number of nitrogen functional groups attached to an aromatic ring is 1. The van der Waals surface area contributed by atoms with Crippen molar-refractivity contribution in [2.45, 2.75) is 27.2 Å². The third-order valence-corrected chi connectivity index (χ3v) is 6.11. The van der Waals surface area contributed by atoms with Crippen LogP contribution in [0.4, 0.5) is 5.00 Å². The van der Waals surface area contributed by atoms with Crippen LogP contribution in [0.5, 0.6) is 5.75 Å². The largest absolute Gasteiger partial charge is 0.491 e. The van der Waals surface area contributed by atoms with Gasteiger partial charge in [-0.1, -0.05) is 32.4 Å². The summed E-state index contributed by atoms with van der Waals surface area (Å²) in [5.74, 6) is 0.704. The van der Waals surface area contributed by atoms with Crippen LogP contribution in [0.3, 0.4) is 0 Å². The molecule has 3 rings (SSSR count). The number of hydrogen-bond acceptors (Lipinski definition) is 5. The number of rotatable bonds is 8. The highest BCUT2D eigenvalue weighted by Gasteiger charge is 2.27. The fourth-order valence-corrected chi connectivity index (χ4v) is 4.57. The summed E-state index contributed by atoms with van der Waals surface area (Å²) in [6.07, 6.45) is 0.733. The number of carbonyl (C=O) groups is 1. The SMILES string of the molecule is COCCOc1ccc(-c2sc(N)c(C(=O)c3ccc(Cl)cc3)c2CC(C)(C)C)cc1. The molecule has 0 saturated heterocycles. The van der Waals surface area contributed by atoms with Gasteiger partial charge in [0.15, 0.2) is 5.78 Å². The van der Waals surface area contributed by atoms with Gasteiger partial charge in [-0.05, 0) is 71.5 Å². The smallest absolute Gasteiger partial charge is 0.196 e. The summed E-state index contributed by atoms with van der Waals surface area (Å²) in [7, 11) is 1.65. The third-order valence-electron chi connectivity index (χ3n) is 4.75. The van der Waals surface area contributed by atoms with Crippen molar-refractivity contribution in [2.75, 3.05) is 26.1 Å². The summed E-state index contributed by atoms with van der Waals surface area (Å²) >= 11 is 7.46. The zero-order valence-electron chi connectivity index (χ0n) is 18.3. The van der Waals surface area contributed by atoms with Gasteiger partial charge in [0, 0.05) is 22.6 Å². The molecule has 31 heavy (non-hydrogen) atoms. The molecule has 0 aliphatic rings. The molecule has 0 unspecified atom stereocenters. The minimum Gasteiger partial charge on any atom is -0.491 e. The van der Waals surface area contributed by atoms with E-state index in [1.165, 1.54) is 11.3 Å². The maximum absolute atomic E-state index is 13.4. The molecule has 1 heterocycles. The first-order valence-electron chi connectivity index (χ1n) is 10.1. The van der Waals surface area contributed by atoms with Crippen molar-refractivity contribution in [3.05, 3.63) is 70.2 Å². The van der Waals surface area contributed by atoms with Crippen LogP contribution in [0.15, 0.2) is 48.5 Å². The van der Waals surface area contributed by atoms with Crippen molar-refractivity contribution in [3.63, 3.8) is 0 Å². The lowest BCUT2D eigenvalue weighted by Gasteiger charge is -2.20. The predicted molar refractivity (Wildman–Crippen MR) is 130 cm³/mol. The van der Waals surface area contributed by atoms with E-state index in [0.29, 0.717) is 34.4 Å². The Bertz CT molecular complexity index is 1030. The number of benzene rings is 2. The van der Waals surface area contributed by atoms with Gasteiger partial charge in [0.25, 0.3) is 0 Å². The highest BCUT2D eigenvalue weighted by atomic mass is 35.5. The van der Waals surface area contributed by atoms with Gasteiger partial charge in [0.1, 0.15) is 12.4 Å². The minimum absolute atomic E-state index is 0.0134. The molecule has 0 radical (unpaired) electrons. The van der Waals surface area contributed by atoms with Gasteiger partial charge in [-0.2, -0.15) is 0 Å². The van der Waals surface area contributed by atoms with Crippen LogP contribution in [-0.4, -0.2) is 26.1 Å². The van der Waals surface area contributed by atoms with Crippen LogP contribution in [0.25, 0.3) is 10.4 Å². The Morgan fingerprint density at radius 3 is 2.26 bits per heavy atom. The normalized spacial score (nSPS) is 11.5. The molecule has 3 aromatic rings. The molecular weight excluding hydrogens is 430 g/mol. The van der Waals surface area contributed by atoms with E-state index in [4.69, 9.17) is 26.8 Å². The van der Waals surface area contributed by atoms with Gasteiger partial charge in [0.05, 0.1) is 17.2 Å². The van der Waals surface area contributed by atoms with Crippen LogP contribution in [-0.2, 0) is 11.2 Å². The highest BCUT2D eigenvalue weighted by Crippen LogP contribution is 2.43. The maximum atomic E-state index is 13.4. The molecule has 0 fully saturated rings. The molecule has 6 heteroatoms. The minimum atomic E-state index is -0.0737. The van der Waals surface area contributed by atoms with Crippen LogP contribution in [0, 0.1) is 5.41 Å². The summed E-state index contributed by atoms with van der Waals surface area (Å²) in [6, 6.07) is 14.8. The number of methoxy groups -OCH3 is 1. The van der Waals surface area contributed by atoms with Crippen molar-refractivity contribution in [3.8, 4) is 16.2 Å². The molecule has 0 atom stereocenters. The van der Waals surface area contributed by atoms with Crippen molar-refractivity contribution in [2.24, 2.45) is 5.41 Å². The summed E-state index contributed by atoms with van der Waals surface area (Å²) in [4.78, 5) is 14.4. The van der Waals surface area contributed by atoms with Crippen molar-refractivity contribution in [1.29, 1.82) is 0 Å². The monoisotopic (exact) mass is 457 g/mol. The van der Waals surface area contributed by atoms with Gasteiger partial charge >= 0.3 is 0 Å². The zero-order valence-corrected chi connectivity index (χ0v) is 19.9. The fourth-order valence-electron chi connectivity index (χ4n) is 3.36. The first kappa shape index (κ1) is 23.3. The molecule has 2 N–H and O–H groups in total. The molecular formula is C25H28ClNO3S. The number of hydrogen-bond donors (Lipinski definition) is 1. The number of ketones is 1. The number of nitrogens with two attached hydrogens (primary N) is 1. The first-order chi connectivity index (χ1) is 14.7. The molecule has 0 bridgehead atoms. The Kier molecular flexibility index (Phi) is 7.42. The van der Waals surface area contributed by atoms with Crippen LogP contribution >= 0.6 is 22.9 Å². The Morgan fingerprint density at radius 2 is 1.68 bits per heavy atom. The Hall–Kier alpha value is -2.34. The lowest BCUT2D eigenvalue weighted by Crippen LogP contribution is -2.14. The number of thiophene rings is 1. The molecule has 0 aliphatic heterocycles. The van der Waals surface area contributed by atoms with Crippen LogP contribution < -0.4 is 10.5 Å². The molecule has 0 aliphatic carbocycles. The quantitative estimate of drug-likeness (QED) is 0.310.